The number of nitrogens with one attached hydrogen (secondary N) is 2. The lowest BCUT2D eigenvalue weighted by Gasteiger charge is -2.05. The Kier molecular flexibility index (Phi) is 3.52. The second-order valence-electron chi connectivity index (χ2n) is 5.76. The van der Waals surface area contributed by atoms with Gasteiger partial charge in [0.15, 0.2) is 0 Å². The summed E-state index contributed by atoms with van der Waals surface area (Å²) >= 11 is 0. The lowest BCUT2D eigenvalue weighted by atomic mass is 10.1. The molecule has 0 bridgehead atoms. The number of carbonyl (C=O) groups is 1. The van der Waals surface area contributed by atoms with Crippen LogP contribution in [-0.4, -0.2) is 21.4 Å². The van der Waals surface area contributed by atoms with Crippen molar-refractivity contribution in [1.82, 2.24) is 15.2 Å². The van der Waals surface area contributed by atoms with Crippen LogP contribution in [0.15, 0.2) is 33.7 Å². The molecule has 0 radical (unpaired) electrons. The minimum Gasteiger partial charge on any atom is -0.295 e. The van der Waals surface area contributed by atoms with E-state index in [1.54, 1.807) is 13.0 Å². The Bertz CT molecular complexity index is 929. The Hall–Kier alpha value is -2.89. The van der Waals surface area contributed by atoms with Gasteiger partial charge in [-0.2, -0.15) is 5.10 Å². The Morgan fingerprint density at radius 2 is 1.83 bits per heavy atom. The largest absolute Gasteiger partial charge is 0.295 e. The minimum absolute atomic E-state index is 0.189. The summed E-state index contributed by atoms with van der Waals surface area (Å²) in [4.78, 5) is 24.5. The molecule has 1 aliphatic rings. The molecule has 1 amide bonds. The smallest absolute Gasteiger partial charge is 0.278 e. The third-order valence-corrected chi connectivity index (χ3v) is 4.11. The molecular weight excluding hydrogens is 292 g/mol. The van der Waals surface area contributed by atoms with E-state index in [0.29, 0.717) is 22.5 Å². The topological polar surface area (TPSA) is 79.2 Å². The minimum atomic E-state index is -0.291. The molecule has 0 aliphatic carbocycles. The van der Waals surface area contributed by atoms with Gasteiger partial charge in [-0.3, -0.25) is 14.7 Å². The fraction of sp³-hybridized carbons (Fsp3) is 0.235. The van der Waals surface area contributed by atoms with Gasteiger partial charge in [0, 0.05) is 5.69 Å². The molecule has 2 aromatic rings. The van der Waals surface area contributed by atoms with Crippen molar-refractivity contribution in [1.29, 1.82) is 0 Å². The van der Waals surface area contributed by atoms with Crippen LogP contribution in [0, 0.1) is 20.8 Å². The molecule has 6 nitrogen and oxygen atoms in total. The summed E-state index contributed by atoms with van der Waals surface area (Å²) in [6.07, 6.45) is 1.59. The molecule has 2 heterocycles. The van der Waals surface area contributed by atoms with Crippen LogP contribution in [0.2, 0.25) is 0 Å². The zero-order valence-electron chi connectivity index (χ0n) is 13.5. The standard InChI is InChI=1S/C17H18N4O2/c1-9-5-6-13(7-10(9)2)21-17(23)15(12(4)20-21)8-14-11(3)18-19-16(14)22/h5-8,20H,1-4H3,(H,19,22). The molecule has 0 unspecified atom stereocenters. The van der Waals surface area contributed by atoms with E-state index in [0.717, 1.165) is 11.3 Å². The van der Waals surface area contributed by atoms with E-state index in [9.17, 15) is 9.59 Å². The zero-order chi connectivity index (χ0) is 16.7. The highest BCUT2D eigenvalue weighted by Gasteiger charge is 2.21. The first-order valence-electron chi connectivity index (χ1n) is 7.34. The van der Waals surface area contributed by atoms with Gasteiger partial charge < -0.3 is 0 Å². The highest BCUT2D eigenvalue weighted by Crippen LogP contribution is 2.16. The number of hydrogen-bond acceptors (Lipinski definition) is 3. The van der Waals surface area contributed by atoms with Gasteiger partial charge in [0.1, 0.15) is 0 Å². The number of nitrogens with zero attached hydrogens (tertiary/aromatic N) is 2. The number of H-pyrrole nitrogens is 1. The number of carbonyl (C=O) groups excluding carboxylic acids is 1. The molecule has 1 aromatic heterocycles. The molecule has 23 heavy (non-hydrogen) atoms. The summed E-state index contributed by atoms with van der Waals surface area (Å²) in [5.74, 6) is -0.291. The second-order valence-corrected chi connectivity index (χ2v) is 5.76. The number of aryl methyl sites for hydroxylation is 3. The van der Waals surface area contributed by atoms with Gasteiger partial charge in [-0.05, 0) is 57.0 Å². The number of rotatable bonds is 2. The van der Waals surface area contributed by atoms with Gasteiger partial charge in [0.05, 0.1) is 22.5 Å². The van der Waals surface area contributed by atoms with E-state index in [-0.39, 0.29) is 11.5 Å². The molecule has 0 atom stereocenters. The maximum absolute atomic E-state index is 12.7. The summed E-state index contributed by atoms with van der Waals surface area (Å²) in [7, 11) is 0. The molecule has 6 heteroatoms. The molecule has 1 aromatic carbocycles. The Morgan fingerprint density at radius 3 is 2.43 bits per heavy atom. The lowest BCUT2D eigenvalue weighted by Crippen LogP contribution is -2.17. The van der Waals surface area contributed by atoms with Crippen molar-refractivity contribution in [2.45, 2.75) is 27.7 Å². The molecule has 0 saturated heterocycles. The van der Waals surface area contributed by atoms with E-state index in [2.05, 4.69) is 15.6 Å². The van der Waals surface area contributed by atoms with E-state index < -0.39 is 0 Å². The predicted octanol–water partition coefficient (Wildman–Crippen LogP) is 1.98. The van der Waals surface area contributed by atoms with Crippen LogP contribution in [0.1, 0.15) is 29.3 Å². The van der Waals surface area contributed by atoms with Gasteiger partial charge in [-0.1, -0.05) is 6.07 Å². The van der Waals surface area contributed by atoms with E-state index >= 15 is 0 Å². The van der Waals surface area contributed by atoms with E-state index in [1.165, 1.54) is 10.2 Å². The van der Waals surface area contributed by atoms with Crippen molar-refractivity contribution in [3.05, 3.63) is 56.5 Å². The zero-order valence-corrected chi connectivity index (χ0v) is 13.5. The lowest BCUT2D eigenvalue weighted by molar-refractivity contribution is -0.116. The van der Waals surface area contributed by atoms with Crippen molar-refractivity contribution < 1.29 is 4.79 Å². The maximum Gasteiger partial charge on any atom is 0.278 e. The third-order valence-electron chi connectivity index (χ3n) is 4.11. The predicted molar refractivity (Wildman–Crippen MR) is 89.8 cm³/mol. The van der Waals surface area contributed by atoms with Crippen LogP contribution in [0.5, 0.6) is 0 Å². The Morgan fingerprint density at radius 1 is 1.09 bits per heavy atom. The molecule has 0 spiro atoms. The van der Waals surface area contributed by atoms with Crippen LogP contribution in [0.4, 0.5) is 0 Å². The molecule has 0 fully saturated rings. The number of benzene rings is 1. The number of aromatic amines is 1. The van der Waals surface area contributed by atoms with Crippen molar-refractivity contribution in [2.24, 2.45) is 5.10 Å². The van der Waals surface area contributed by atoms with Gasteiger partial charge in [-0.15, -0.1) is 0 Å². The third kappa shape index (κ3) is 2.52. The van der Waals surface area contributed by atoms with Crippen LogP contribution in [0.3, 0.4) is 0 Å². The molecule has 0 saturated carbocycles. The molecule has 1 aliphatic heterocycles. The number of hydrazone groups is 1. The van der Waals surface area contributed by atoms with Crippen LogP contribution in [-0.2, 0) is 4.79 Å². The maximum atomic E-state index is 12.7. The first-order chi connectivity index (χ1) is 10.9. The SMILES string of the molecule is CC1=NNC(=O)C1=Cc1c(C)[nH]n(-c2ccc(C)c(C)c2)c1=O. The monoisotopic (exact) mass is 310 g/mol. The van der Waals surface area contributed by atoms with Crippen molar-refractivity contribution in [2.75, 3.05) is 0 Å². The summed E-state index contributed by atoms with van der Waals surface area (Å²) in [5, 5.41) is 6.94. The Labute approximate surface area is 133 Å². The molecule has 2 N–H and O–H groups in total. The summed E-state index contributed by atoms with van der Waals surface area (Å²) in [6.45, 7) is 7.57. The van der Waals surface area contributed by atoms with E-state index in [4.69, 9.17) is 0 Å². The number of amides is 1. The highest BCUT2D eigenvalue weighted by molar-refractivity contribution is 6.26. The first-order valence-corrected chi connectivity index (χ1v) is 7.34. The quantitative estimate of drug-likeness (QED) is 0.832. The fourth-order valence-electron chi connectivity index (χ4n) is 2.51. The average molecular weight is 310 g/mol. The highest BCUT2D eigenvalue weighted by atomic mass is 16.2. The Balaban J connectivity index is 2.12. The van der Waals surface area contributed by atoms with Crippen LogP contribution in [0.25, 0.3) is 11.8 Å². The normalized spacial score (nSPS) is 15.9. The van der Waals surface area contributed by atoms with Crippen LogP contribution >= 0.6 is 0 Å². The summed E-state index contributed by atoms with van der Waals surface area (Å²) in [5.41, 5.74) is 7.41. The summed E-state index contributed by atoms with van der Waals surface area (Å²) < 4.78 is 1.49. The fourth-order valence-corrected chi connectivity index (χ4v) is 2.51. The molecular formula is C17H18N4O2. The number of aromatic nitrogens is 2. The first kappa shape index (κ1) is 15.0. The van der Waals surface area contributed by atoms with Gasteiger partial charge >= 0.3 is 0 Å². The van der Waals surface area contributed by atoms with Gasteiger partial charge in [0.25, 0.3) is 11.5 Å². The molecule has 118 valence electrons. The average Bonchev–Trinajstić information content (AvgIpc) is 2.97. The van der Waals surface area contributed by atoms with Gasteiger partial charge in [-0.25, -0.2) is 10.1 Å². The second kappa shape index (κ2) is 5.39. The van der Waals surface area contributed by atoms with Crippen molar-refractivity contribution in [3.63, 3.8) is 0 Å². The van der Waals surface area contributed by atoms with Gasteiger partial charge in [0.2, 0.25) is 0 Å². The van der Waals surface area contributed by atoms with Crippen molar-refractivity contribution >= 4 is 17.7 Å². The molecule has 3 rings (SSSR count). The summed E-state index contributed by atoms with van der Waals surface area (Å²) in [6, 6.07) is 5.83. The van der Waals surface area contributed by atoms with E-state index in [1.807, 2.05) is 39.0 Å². The van der Waals surface area contributed by atoms with Crippen molar-refractivity contribution in [3.8, 4) is 5.69 Å². The number of hydrogen-bond donors (Lipinski definition) is 2. The van der Waals surface area contributed by atoms with Crippen LogP contribution < -0.4 is 11.0 Å².